The number of likely N-dealkylation sites (tertiary alicyclic amines) is 1. The summed E-state index contributed by atoms with van der Waals surface area (Å²) < 4.78 is 5.28. The minimum atomic E-state index is -0.701. The van der Waals surface area contributed by atoms with Crippen molar-refractivity contribution in [3.8, 4) is 5.75 Å². The number of para-hydroxylation sites is 1. The second-order valence-electron chi connectivity index (χ2n) is 8.74. The molecule has 0 bridgehead atoms. The van der Waals surface area contributed by atoms with Gasteiger partial charge in [-0.1, -0.05) is 60.2 Å². The number of hydrogen-bond acceptors (Lipinski definition) is 4. The fourth-order valence-corrected chi connectivity index (χ4v) is 4.69. The molecule has 0 aliphatic carbocycles. The number of hydrogen-bond donors (Lipinski definition) is 2. The molecule has 1 unspecified atom stereocenters. The van der Waals surface area contributed by atoms with Crippen LogP contribution < -0.4 is 4.74 Å². The second-order valence-corrected chi connectivity index (χ2v) is 8.74. The average molecular weight is 467 g/mol. The van der Waals surface area contributed by atoms with E-state index in [-0.39, 0.29) is 11.3 Å². The van der Waals surface area contributed by atoms with Crippen molar-refractivity contribution in [1.82, 2.24) is 9.88 Å². The summed E-state index contributed by atoms with van der Waals surface area (Å²) in [5.41, 5.74) is 4.46. The van der Waals surface area contributed by atoms with E-state index in [1.165, 1.54) is 0 Å². The lowest BCUT2D eigenvalue weighted by Gasteiger charge is -2.25. The molecule has 5 rings (SSSR count). The number of aromatic amines is 1. The molecule has 0 radical (unpaired) electrons. The van der Waals surface area contributed by atoms with Gasteiger partial charge in [-0.25, -0.2) is 0 Å². The average Bonchev–Trinajstić information content (AvgIpc) is 3.41. The molecule has 1 amide bonds. The van der Waals surface area contributed by atoms with Crippen LogP contribution in [0, 0.1) is 6.92 Å². The number of carbonyl (C=O) groups is 2. The number of aromatic nitrogens is 1. The van der Waals surface area contributed by atoms with Crippen LogP contribution in [0.2, 0.25) is 0 Å². The molecule has 6 heteroatoms. The van der Waals surface area contributed by atoms with E-state index < -0.39 is 17.7 Å². The van der Waals surface area contributed by atoms with Crippen LogP contribution in [-0.2, 0) is 16.0 Å². The Hall–Kier alpha value is -4.32. The monoisotopic (exact) mass is 466 g/mol. The first-order valence-electron chi connectivity index (χ1n) is 11.5. The third-order valence-corrected chi connectivity index (χ3v) is 6.59. The van der Waals surface area contributed by atoms with Crippen molar-refractivity contribution in [2.75, 3.05) is 13.7 Å². The summed E-state index contributed by atoms with van der Waals surface area (Å²) in [4.78, 5) is 31.3. The van der Waals surface area contributed by atoms with Crippen LogP contribution in [0.4, 0.5) is 0 Å². The molecule has 1 aliphatic rings. The third kappa shape index (κ3) is 4.08. The summed E-state index contributed by atoms with van der Waals surface area (Å²) in [6.45, 7) is 2.28. The Morgan fingerprint density at radius 1 is 1.00 bits per heavy atom. The molecule has 35 heavy (non-hydrogen) atoms. The molecule has 1 atom stereocenters. The fraction of sp³-hybridized carbons (Fsp3) is 0.172. The van der Waals surface area contributed by atoms with Gasteiger partial charge in [0.1, 0.15) is 11.5 Å². The first kappa shape index (κ1) is 22.5. The van der Waals surface area contributed by atoms with Crippen molar-refractivity contribution in [3.63, 3.8) is 0 Å². The summed E-state index contributed by atoms with van der Waals surface area (Å²) in [6, 6.07) is 21.8. The highest BCUT2D eigenvalue weighted by atomic mass is 16.5. The summed E-state index contributed by atoms with van der Waals surface area (Å²) in [5.74, 6) is -0.788. The summed E-state index contributed by atoms with van der Waals surface area (Å²) >= 11 is 0. The number of H-pyrrole nitrogens is 1. The number of rotatable bonds is 6. The Labute approximate surface area is 203 Å². The van der Waals surface area contributed by atoms with Crippen LogP contribution in [0.1, 0.15) is 28.3 Å². The molecule has 0 saturated carbocycles. The van der Waals surface area contributed by atoms with Crippen LogP contribution in [-0.4, -0.2) is 40.3 Å². The Balaban J connectivity index is 1.56. The highest BCUT2D eigenvalue weighted by molar-refractivity contribution is 6.46. The van der Waals surface area contributed by atoms with Crippen molar-refractivity contribution in [1.29, 1.82) is 0 Å². The maximum atomic E-state index is 13.2. The molecular formula is C29H26N2O4. The molecule has 1 aromatic heterocycles. The normalized spacial score (nSPS) is 17.3. The number of aryl methyl sites for hydroxylation is 1. The van der Waals surface area contributed by atoms with E-state index in [9.17, 15) is 14.7 Å². The van der Waals surface area contributed by atoms with E-state index in [4.69, 9.17) is 4.74 Å². The number of aliphatic hydroxyl groups excluding tert-OH is 1. The van der Waals surface area contributed by atoms with Crippen molar-refractivity contribution < 1.29 is 19.4 Å². The lowest BCUT2D eigenvalue weighted by atomic mass is 9.95. The summed E-state index contributed by atoms with van der Waals surface area (Å²) in [5, 5.41) is 12.3. The first-order chi connectivity index (χ1) is 17.0. The molecule has 6 nitrogen and oxygen atoms in total. The minimum Gasteiger partial charge on any atom is -0.507 e. The zero-order valence-corrected chi connectivity index (χ0v) is 19.6. The number of methoxy groups -OCH3 is 1. The number of Topliss-reactive ketones (excluding diaryl/α,β-unsaturated/α-hetero) is 1. The van der Waals surface area contributed by atoms with Gasteiger partial charge in [0.25, 0.3) is 11.7 Å². The van der Waals surface area contributed by atoms with Crippen molar-refractivity contribution >= 4 is 28.4 Å². The van der Waals surface area contributed by atoms with Crippen LogP contribution in [0.3, 0.4) is 0 Å². The number of benzene rings is 3. The highest BCUT2D eigenvalue weighted by Gasteiger charge is 2.45. The zero-order valence-electron chi connectivity index (χ0n) is 19.6. The van der Waals surface area contributed by atoms with E-state index in [0.29, 0.717) is 24.3 Å². The van der Waals surface area contributed by atoms with Gasteiger partial charge in [-0.05, 0) is 42.7 Å². The number of ether oxygens (including phenoxy) is 1. The molecule has 2 N–H and O–H groups in total. The number of carbonyl (C=O) groups excluding carboxylic acids is 2. The Morgan fingerprint density at radius 3 is 2.43 bits per heavy atom. The number of fused-ring (bicyclic) bond motifs is 1. The SMILES string of the molecule is COc1ccc(C2C(=C(O)c3ccc(C)cc3)C(=O)C(=O)N2CCc2c[nH]c3ccccc23)cc1. The largest absolute Gasteiger partial charge is 0.507 e. The quantitative estimate of drug-likeness (QED) is 0.234. The molecule has 1 aliphatic heterocycles. The predicted molar refractivity (Wildman–Crippen MR) is 135 cm³/mol. The smallest absolute Gasteiger partial charge is 0.295 e. The number of aliphatic hydroxyl groups is 1. The number of ketones is 1. The Morgan fingerprint density at radius 2 is 1.71 bits per heavy atom. The molecule has 3 aromatic carbocycles. The molecule has 1 saturated heterocycles. The molecule has 176 valence electrons. The van der Waals surface area contributed by atoms with E-state index in [0.717, 1.165) is 27.6 Å². The van der Waals surface area contributed by atoms with Gasteiger partial charge in [-0.3, -0.25) is 9.59 Å². The van der Waals surface area contributed by atoms with E-state index in [1.807, 2.05) is 61.7 Å². The number of amides is 1. The van der Waals surface area contributed by atoms with Crippen LogP contribution in [0.5, 0.6) is 5.75 Å². The topological polar surface area (TPSA) is 82.6 Å². The standard InChI is InChI=1S/C29H26N2O4/c1-18-7-9-20(10-8-18)27(32)25-26(19-11-13-22(35-2)14-12-19)31(29(34)28(25)33)16-15-21-17-30-24-6-4-3-5-23(21)24/h3-14,17,26,30,32H,15-16H2,1-2H3. The molecule has 4 aromatic rings. The third-order valence-electron chi connectivity index (χ3n) is 6.59. The van der Waals surface area contributed by atoms with Gasteiger partial charge in [-0.2, -0.15) is 0 Å². The van der Waals surface area contributed by atoms with Gasteiger partial charge in [0, 0.05) is 29.2 Å². The van der Waals surface area contributed by atoms with Crippen molar-refractivity contribution in [2.24, 2.45) is 0 Å². The summed E-state index contributed by atoms with van der Waals surface area (Å²) in [6.07, 6.45) is 2.50. The predicted octanol–water partition coefficient (Wildman–Crippen LogP) is 5.15. The van der Waals surface area contributed by atoms with E-state index in [1.54, 1.807) is 36.3 Å². The number of nitrogens with zero attached hydrogens (tertiary/aromatic N) is 1. The van der Waals surface area contributed by atoms with Crippen molar-refractivity contribution in [3.05, 3.63) is 107 Å². The molecule has 1 fully saturated rings. The molecule has 2 heterocycles. The molecule has 0 spiro atoms. The minimum absolute atomic E-state index is 0.1000. The lowest BCUT2D eigenvalue weighted by Crippen LogP contribution is -2.31. The second kappa shape index (κ2) is 9.14. The Kier molecular flexibility index (Phi) is 5.87. The van der Waals surface area contributed by atoms with Gasteiger partial charge in [0.2, 0.25) is 0 Å². The zero-order chi connectivity index (χ0) is 24.5. The van der Waals surface area contributed by atoms with Crippen LogP contribution >= 0.6 is 0 Å². The number of nitrogens with one attached hydrogen (secondary N) is 1. The fourth-order valence-electron chi connectivity index (χ4n) is 4.69. The molecular weight excluding hydrogens is 440 g/mol. The van der Waals surface area contributed by atoms with Gasteiger partial charge >= 0.3 is 0 Å². The maximum Gasteiger partial charge on any atom is 0.295 e. The van der Waals surface area contributed by atoms with Crippen molar-refractivity contribution in [2.45, 2.75) is 19.4 Å². The first-order valence-corrected chi connectivity index (χ1v) is 11.5. The van der Waals surface area contributed by atoms with Gasteiger partial charge in [0.15, 0.2) is 0 Å². The lowest BCUT2D eigenvalue weighted by molar-refractivity contribution is -0.139. The van der Waals surface area contributed by atoms with Gasteiger partial charge in [0.05, 0.1) is 18.7 Å². The van der Waals surface area contributed by atoms with E-state index in [2.05, 4.69) is 4.98 Å². The summed E-state index contributed by atoms with van der Waals surface area (Å²) in [7, 11) is 1.58. The van der Waals surface area contributed by atoms with Crippen LogP contribution in [0.25, 0.3) is 16.7 Å². The van der Waals surface area contributed by atoms with Crippen LogP contribution in [0.15, 0.2) is 84.6 Å². The van der Waals surface area contributed by atoms with Gasteiger partial charge < -0.3 is 19.7 Å². The van der Waals surface area contributed by atoms with E-state index >= 15 is 0 Å². The highest BCUT2D eigenvalue weighted by Crippen LogP contribution is 2.40. The van der Waals surface area contributed by atoms with Gasteiger partial charge in [-0.15, -0.1) is 0 Å². The Bertz CT molecular complexity index is 1430. The maximum absolute atomic E-state index is 13.2.